The summed E-state index contributed by atoms with van der Waals surface area (Å²) in [6.45, 7) is 0. The van der Waals surface area contributed by atoms with E-state index < -0.39 is 5.97 Å². The molecule has 0 atom stereocenters. The van der Waals surface area contributed by atoms with Crippen LogP contribution in [-0.4, -0.2) is 23.2 Å². The summed E-state index contributed by atoms with van der Waals surface area (Å²) >= 11 is 3.07. The molecule has 1 heterocycles. The summed E-state index contributed by atoms with van der Waals surface area (Å²) in [6, 6.07) is 0. The van der Waals surface area contributed by atoms with E-state index in [0.717, 1.165) is 0 Å². The standard InChI is InChI=1S/C7H6BrNO3.ClH/c1-12-5-3-9-2-4(8)6(5)7(10)11;/h2-3H,1H3,(H,10,11);1H. The highest BCUT2D eigenvalue weighted by molar-refractivity contribution is 9.10. The molecule has 0 saturated carbocycles. The van der Waals surface area contributed by atoms with Crippen LogP contribution in [0.3, 0.4) is 0 Å². The lowest BCUT2D eigenvalue weighted by molar-refractivity contribution is 0.0692. The van der Waals surface area contributed by atoms with Crippen LogP contribution in [0.1, 0.15) is 10.4 Å². The number of aromatic nitrogens is 1. The summed E-state index contributed by atoms with van der Waals surface area (Å²) in [5, 5.41) is 8.74. The third kappa shape index (κ3) is 2.57. The number of rotatable bonds is 2. The minimum atomic E-state index is -1.04. The summed E-state index contributed by atoms with van der Waals surface area (Å²) < 4.78 is 5.23. The molecular weight excluding hydrogens is 261 g/mol. The van der Waals surface area contributed by atoms with Gasteiger partial charge in [-0.25, -0.2) is 4.79 Å². The summed E-state index contributed by atoms with van der Waals surface area (Å²) in [4.78, 5) is 14.4. The van der Waals surface area contributed by atoms with Crippen molar-refractivity contribution in [2.75, 3.05) is 7.11 Å². The van der Waals surface area contributed by atoms with Gasteiger partial charge in [-0.05, 0) is 15.9 Å². The van der Waals surface area contributed by atoms with Crippen LogP contribution in [-0.2, 0) is 0 Å². The van der Waals surface area contributed by atoms with E-state index in [1.165, 1.54) is 19.5 Å². The second-order valence-electron chi connectivity index (χ2n) is 2.00. The van der Waals surface area contributed by atoms with Gasteiger partial charge in [-0.3, -0.25) is 4.98 Å². The Kier molecular flexibility index (Phi) is 4.72. The van der Waals surface area contributed by atoms with Crippen LogP contribution < -0.4 is 4.74 Å². The molecule has 0 saturated heterocycles. The van der Waals surface area contributed by atoms with Gasteiger partial charge in [-0.2, -0.15) is 0 Å². The Morgan fingerprint density at radius 1 is 1.62 bits per heavy atom. The maximum atomic E-state index is 10.7. The molecule has 6 heteroatoms. The van der Waals surface area contributed by atoms with Gasteiger partial charge in [0.15, 0.2) is 5.75 Å². The lowest BCUT2D eigenvalue weighted by Crippen LogP contribution is -2.02. The highest BCUT2D eigenvalue weighted by atomic mass is 79.9. The van der Waals surface area contributed by atoms with Gasteiger partial charge < -0.3 is 9.84 Å². The first-order valence-electron chi connectivity index (χ1n) is 3.07. The van der Waals surface area contributed by atoms with E-state index in [1.54, 1.807) is 0 Å². The number of carbonyl (C=O) groups is 1. The largest absolute Gasteiger partial charge is 0.494 e. The molecule has 0 aromatic carbocycles. The van der Waals surface area contributed by atoms with Crippen LogP contribution in [0.5, 0.6) is 5.75 Å². The van der Waals surface area contributed by atoms with Crippen molar-refractivity contribution in [3.05, 3.63) is 22.4 Å². The fraction of sp³-hybridized carbons (Fsp3) is 0.143. The lowest BCUT2D eigenvalue weighted by atomic mass is 10.2. The Morgan fingerprint density at radius 2 is 2.23 bits per heavy atom. The van der Waals surface area contributed by atoms with Crippen molar-refractivity contribution >= 4 is 34.3 Å². The molecule has 0 aliphatic heterocycles. The number of methoxy groups -OCH3 is 1. The topological polar surface area (TPSA) is 59.4 Å². The first-order chi connectivity index (χ1) is 5.66. The van der Waals surface area contributed by atoms with Crippen molar-refractivity contribution in [1.82, 2.24) is 4.98 Å². The van der Waals surface area contributed by atoms with Crippen LogP contribution in [0.4, 0.5) is 0 Å². The number of carboxylic acids is 1. The summed E-state index contributed by atoms with van der Waals surface area (Å²) in [5.41, 5.74) is 0.0903. The van der Waals surface area contributed by atoms with Gasteiger partial charge in [0.05, 0.1) is 17.8 Å². The van der Waals surface area contributed by atoms with Crippen LogP contribution in [0, 0.1) is 0 Å². The second-order valence-corrected chi connectivity index (χ2v) is 2.86. The van der Waals surface area contributed by atoms with Crippen LogP contribution in [0.2, 0.25) is 0 Å². The monoisotopic (exact) mass is 267 g/mol. The zero-order valence-electron chi connectivity index (χ0n) is 6.65. The number of hydrogen-bond acceptors (Lipinski definition) is 3. The molecule has 0 radical (unpaired) electrons. The maximum absolute atomic E-state index is 10.7. The summed E-state index contributed by atoms with van der Waals surface area (Å²) in [7, 11) is 1.40. The normalized spacial score (nSPS) is 8.77. The Morgan fingerprint density at radius 3 is 2.62 bits per heavy atom. The second kappa shape index (κ2) is 5.04. The van der Waals surface area contributed by atoms with Crippen molar-refractivity contribution in [2.45, 2.75) is 0 Å². The Labute approximate surface area is 89.5 Å². The van der Waals surface area contributed by atoms with Crippen molar-refractivity contribution in [2.24, 2.45) is 0 Å². The Balaban J connectivity index is 0.00000144. The molecule has 1 N–H and O–H groups in total. The SMILES string of the molecule is COc1cncc(Br)c1C(=O)O.Cl. The smallest absolute Gasteiger partial charge is 0.340 e. The van der Waals surface area contributed by atoms with Crippen molar-refractivity contribution in [3.8, 4) is 5.75 Å². The summed E-state index contributed by atoms with van der Waals surface area (Å²) in [6.07, 6.45) is 2.76. The fourth-order valence-electron chi connectivity index (χ4n) is 0.780. The van der Waals surface area contributed by atoms with Crippen molar-refractivity contribution in [1.29, 1.82) is 0 Å². The zero-order chi connectivity index (χ0) is 9.14. The van der Waals surface area contributed by atoms with Gasteiger partial charge in [0.1, 0.15) is 5.56 Å². The van der Waals surface area contributed by atoms with E-state index in [-0.39, 0.29) is 23.7 Å². The molecule has 0 aliphatic rings. The predicted octanol–water partition coefficient (Wildman–Crippen LogP) is 1.97. The van der Waals surface area contributed by atoms with Gasteiger partial charge in [0.2, 0.25) is 0 Å². The van der Waals surface area contributed by atoms with Crippen LogP contribution >= 0.6 is 28.3 Å². The number of aromatic carboxylic acids is 1. The van der Waals surface area contributed by atoms with Crippen LogP contribution in [0.15, 0.2) is 16.9 Å². The number of carboxylic acid groups (broad SMARTS) is 1. The molecule has 0 aliphatic carbocycles. The average molecular weight is 268 g/mol. The highest BCUT2D eigenvalue weighted by Crippen LogP contribution is 2.24. The van der Waals surface area contributed by atoms with Crippen molar-refractivity contribution in [3.63, 3.8) is 0 Å². The third-order valence-electron chi connectivity index (χ3n) is 1.30. The minimum Gasteiger partial charge on any atom is -0.494 e. The molecule has 72 valence electrons. The molecule has 0 bridgehead atoms. The van der Waals surface area contributed by atoms with Gasteiger partial charge in [0, 0.05) is 6.20 Å². The lowest BCUT2D eigenvalue weighted by Gasteiger charge is -2.04. The number of halogens is 2. The molecule has 13 heavy (non-hydrogen) atoms. The van der Waals surface area contributed by atoms with Crippen molar-refractivity contribution < 1.29 is 14.6 Å². The van der Waals surface area contributed by atoms with Gasteiger partial charge in [0.25, 0.3) is 0 Å². The molecule has 0 amide bonds. The predicted molar refractivity (Wildman–Crippen MR) is 52.7 cm³/mol. The quantitative estimate of drug-likeness (QED) is 0.891. The Bertz CT molecular complexity index is 319. The average Bonchev–Trinajstić information content (AvgIpc) is 2.03. The van der Waals surface area contributed by atoms with Gasteiger partial charge in [-0.1, -0.05) is 0 Å². The first-order valence-corrected chi connectivity index (χ1v) is 3.87. The Hall–Kier alpha value is -0.810. The third-order valence-corrected chi connectivity index (χ3v) is 1.90. The molecule has 1 rings (SSSR count). The number of ether oxygens (including phenoxy) is 1. The number of nitrogens with zero attached hydrogens (tertiary/aromatic N) is 1. The van der Waals surface area contributed by atoms with E-state index in [2.05, 4.69) is 20.9 Å². The molecule has 0 fully saturated rings. The molecule has 0 spiro atoms. The molecular formula is C7H7BrClNO3. The first kappa shape index (κ1) is 12.2. The van der Waals surface area contributed by atoms with Gasteiger partial charge in [-0.15, -0.1) is 12.4 Å². The molecule has 0 unspecified atom stereocenters. The van der Waals surface area contributed by atoms with E-state index in [0.29, 0.717) is 4.47 Å². The zero-order valence-corrected chi connectivity index (χ0v) is 9.05. The van der Waals surface area contributed by atoms with Crippen LogP contribution in [0.25, 0.3) is 0 Å². The summed E-state index contributed by atoms with van der Waals surface area (Å²) in [5.74, 6) is -0.794. The highest BCUT2D eigenvalue weighted by Gasteiger charge is 2.14. The molecule has 4 nitrogen and oxygen atoms in total. The van der Waals surface area contributed by atoms with E-state index in [9.17, 15) is 4.79 Å². The van der Waals surface area contributed by atoms with E-state index in [4.69, 9.17) is 9.84 Å². The van der Waals surface area contributed by atoms with E-state index in [1.807, 2.05) is 0 Å². The number of hydrogen-bond donors (Lipinski definition) is 1. The fourth-order valence-corrected chi connectivity index (χ4v) is 1.26. The maximum Gasteiger partial charge on any atom is 0.340 e. The molecule has 1 aromatic heterocycles. The number of pyridine rings is 1. The van der Waals surface area contributed by atoms with Gasteiger partial charge >= 0.3 is 5.97 Å². The van der Waals surface area contributed by atoms with E-state index >= 15 is 0 Å². The minimum absolute atomic E-state index is 0. The molecule has 1 aromatic rings.